The van der Waals surface area contributed by atoms with Crippen molar-refractivity contribution in [3.05, 3.63) is 42.2 Å². The van der Waals surface area contributed by atoms with Gasteiger partial charge in [0.05, 0.1) is 6.10 Å². The average molecular weight is 255 g/mol. The maximum Gasteiger partial charge on any atom is 0.0824 e. The molecule has 100 valence electrons. The Labute approximate surface area is 114 Å². The highest BCUT2D eigenvalue weighted by Crippen LogP contribution is 2.38. The lowest BCUT2D eigenvalue weighted by Gasteiger charge is -2.31. The van der Waals surface area contributed by atoms with Crippen molar-refractivity contribution in [2.75, 3.05) is 0 Å². The summed E-state index contributed by atoms with van der Waals surface area (Å²) in [5.74, 6) is 1.15. The summed E-state index contributed by atoms with van der Waals surface area (Å²) >= 11 is 0. The summed E-state index contributed by atoms with van der Waals surface area (Å²) in [6.07, 6.45) is 8.18. The van der Waals surface area contributed by atoms with E-state index in [-0.39, 0.29) is 6.10 Å². The summed E-state index contributed by atoms with van der Waals surface area (Å²) in [5, 5.41) is 13.0. The molecule has 1 saturated carbocycles. The van der Waals surface area contributed by atoms with E-state index in [1.807, 2.05) is 24.5 Å². The fourth-order valence-corrected chi connectivity index (χ4v) is 3.43. The number of benzene rings is 1. The van der Waals surface area contributed by atoms with Crippen LogP contribution in [0.2, 0.25) is 0 Å². The number of nitrogens with zero attached hydrogens (tertiary/aromatic N) is 1. The molecule has 2 heteroatoms. The predicted octanol–water partition coefficient (Wildman–Crippen LogP) is 4.09. The number of aliphatic hydroxyl groups is 1. The lowest BCUT2D eigenvalue weighted by Crippen LogP contribution is -2.20. The fraction of sp³-hybridized carbons (Fsp3) is 0.471. The summed E-state index contributed by atoms with van der Waals surface area (Å²) in [5.41, 5.74) is 1.07. The third kappa shape index (κ3) is 2.50. The van der Waals surface area contributed by atoms with Crippen molar-refractivity contribution < 1.29 is 5.11 Å². The van der Waals surface area contributed by atoms with Crippen molar-refractivity contribution in [1.82, 2.24) is 4.98 Å². The minimum Gasteiger partial charge on any atom is -0.388 e. The Morgan fingerprint density at radius 3 is 3.00 bits per heavy atom. The number of rotatable bonds is 2. The molecule has 2 aromatic rings. The molecule has 0 aliphatic heterocycles. The number of pyridine rings is 1. The lowest BCUT2D eigenvalue weighted by atomic mass is 9.77. The third-order valence-corrected chi connectivity index (χ3v) is 4.46. The van der Waals surface area contributed by atoms with Crippen LogP contribution in [-0.2, 0) is 0 Å². The minimum absolute atomic E-state index is 0.339. The third-order valence-electron chi connectivity index (χ3n) is 4.46. The standard InChI is InChI=1S/C17H21NO/c1-12-4-2-5-13(10-12)17(19)16-7-3-6-14-11-18-9-8-15(14)16/h3,6-9,11-13,17,19H,2,4-5,10H2,1H3. The molecular formula is C17H21NO. The SMILES string of the molecule is CC1CCCC(C(O)c2cccc3cnccc23)C1. The van der Waals surface area contributed by atoms with Gasteiger partial charge in [0.2, 0.25) is 0 Å². The molecule has 1 heterocycles. The zero-order chi connectivity index (χ0) is 13.2. The predicted molar refractivity (Wildman–Crippen MR) is 77.8 cm³/mol. The Morgan fingerprint density at radius 2 is 2.16 bits per heavy atom. The molecule has 2 nitrogen and oxygen atoms in total. The Kier molecular flexibility index (Phi) is 3.52. The van der Waals surface area contributed by atoms with Crippen LogP contribution in [0.3, 0.4) is 0 Å². The Balaban J connectivity index is 1.95. The molecule has 0 spiro atoms. The second kappa shape index (κ2) is 5.30. The van der Waals surface area contributed by atoms with E-state index in [9.17, 15) is 5.11 Å². The molecule has 1 aromatic heterocycles. The zero-order valence-electron chi connectivity index (χ0n) is 11.4. The number of aliphatic hydroxyl groups excluding tert-OH is 1. The maximum atomic E-state index is 10.7. The molecule has 19 heavy (non-hydrogen) atoms. The van der Waals surface area contributed by atoms with E-state index in [1.54, 1.807) is 0 Å². The van der Waals surface area contributed by atoms with Gasteiger partial charge in [0.15, 0.2) is 0 Å². The van der Waals surface area contributed by atoms with Crippen LogP contribution in [0.1, 0.15) is 44.3 Å². The fourth-order valence-electron chi connectivity index (χ4n) is 3.43. The number of fused-ring (bicyclic) bond motifs is 1. The quantitative estimate of drug-likeness (QED) is 0.876. The molecule has 1 aliphatic rings. The van der Waals surface area contributed by atoms with Gasteiger partial charge in [-0.15, -0.1) is 0 Å². The molecule has 0 bridgehead atoms. The summed E-state index contributed by atoms with van der Waals surface area (Å²) in [6.45, 7) is 2.30. The molecule has 1 fully saturated rings. The Morgan fingerprint density at radius 1 is 1.26 bits per heavy atom. The highest BCUT2D eigenvalue weighted by Gasteiger charge is 2.27. The van der Waals surface area contributed by atoms with Crippen molar-refractivity contribution in [1.29, 1.82) is 0 Å². The van der Waals surface area contributed by atoms with Crippen molar-refractivity contribution in [3.63, 3.8) is 0 Å². The molecular weight excluding hydrogens is 234 g/mol. The van der Waals surface area contributed by atoms with Crippen LogP contribution >= 0.6 is 0 Å². The van der Waals surface area contributed by atoms with Gasteiger partial charge in [0.1, 0.15) is 0 Å². The van der Waals surface area contributed by atoms with Crippen molar-refractivity contribution >= 4 is 10.8 Å². The van der Waals surface area contributed by atoms with E-state index in [4.69, 9.17) is 0 Å². The Hall–Kier alpha value is -1.41. The molecule has 3 unspecified atom stereocenters. The number of hydrogen-bond acceptors (Lipinski definition) is 2. The summed E-state index contributed by atoms with van der Waals surface area (Å²) in [4.78, 5) is 4.16. The van der Waals surface area contributed by atoms with Gasteiger partial charge in [0.25, 0.3) is 0 Å². The number of aromatic nitrogens is 1. The molecule has 1 aliphatic carbocycles. The van der Waals surface area contributed by atoms with E-state index in [2.05, 4.69) is 24.0 Å². The van der Waals surface area contributed by atoms with Gasteiger partial charge >= 0.3 is 0 Å². The van der Waals surface area contributed by atoms with Crippen LogP contribution in [-0.4, -0.2) is 10.1 Å². The van der Waals surface area contributed by atoms with Crippen LogP contribution in [0.15, 0.2) is 36.7 Å². The van der Waals surface area contributed by atoms with E-state index in [0.29, 0.717) is 5.92 Å². The van der Waals surface area contributed by atoms with Crippen LogP contribution in [0.5, 0.6) is 0 Å². The number of hydrogen-bond donors (Lipinski definition) is 1. The average Bonchev–Trinajstić information content (AvgIpc) is 2.46. The highest BCUT2D eigenvalue weighted by molar-refractivity contribution is 5.85. The topological polar surface area (TPSA) is 33.1 Å². The molecule has 1 aromatic carbocycles. The van der Waals surface area contributed by atoms with E-state index in [0.717, 1.165) is 35.1 Å². The second-order valence-corrected chi connectivity index (χ2v) is 5.92. The largest absolute Gasteiger partial charge is 0.388 e. The lowest BCUT2D eigenvalue weighted by molar-refractivity contribution is 0.0725. The molecule has 0 amide bonds. The monoisotopic (exact) mass is 255 g/mol. The van der Waals surface area contributed by atoms with Crippen LogP contribution in [0.4, 0.5) is 0 Å². The van der Waals surface area contributed by atoms with Gasteiger partial charge < -0.3 is 5.11 Å². The van der Waals surface area contributed by atoms with Gasteiger partial charge in [-0.3, -0.25) is 4.98 Å². The molecule has 0 radical (unpaired) electrons. The van der Waals surface area contributed by atoms with Gasteiger partial charge in [-0.05, 0) is 41.7 Å². The normalized spacial score (nSPS) is 25.4. The first-order valence-electron chi connectivity index (χ1n) is 7.26. The molecule has 3 rings (SSSR count). The van der Waals surface area contributed by atoms with Crippen molar-refractivity contribution in [2.45, 2.75) is 38.7 Å². The van der Waals surface area contributed by atoms with Crippen molar-refractivity contribution in [3.8, 4) is 0 Å². The molecule has 1 N–H and O–H groups in total. The molecule has 0 saturated heterocycles. The minimum atomic E-state index is -0.339. The first kappa shape index (κ1) is 12.6. The maximum absolute atomic E-state index is 10.7. The van der Waals surface area contributed by atoms with E-state index < -0.39 is 0 Å². The smallest absolute Gasteiger partial charge is 0.0824 e. The van der Waals surface area contributed by atoms with Crippen LogP contribution in [0.25, 0.3) is 10.8 Å². The second-order valence-electron chi connectivity index (χ2n) is 5.92. The van der Waals surface area contributed by atoms with Gasteiger partial charge in [-0.2, -0.15) is 0 Å². The highest BCUT2D eigenvalue weighted by atomic mass is 16.3. The first-order valence-corrected chi connectivity index (χ1v) is 7.26. The summed E-state index contributed by atoms with van der Waals surface area (Å²) in [6, 6.07) is 8.16. The zero-order valence-corrected chi connectivity index (χ0v) is 11.4. The summed E-state index contributed by atoms with van der Waals surface area (Å²) < 4.78 is 0. The van der Waals surface area contributed by atoms with Crippen molar-refractivity contribution in [2.24, 2.45) is 11.8 Å². The Bertz CT molecular complexity index is 561. The van der Waals surface area contributed by atoms with Gasteiger partial charge in [0, 0.05) is 17.8 Å². The van der Waals surface area contributed by atoms with Gasteiger partial charge in [-0.25, -0.2) is 0 Å². The molecule has 3 atom stereocenters. The summed E-state index contributed by atoms with van der Waals surface area (Å²) in [7, 11) is 0. The van der Waals surface area contributed by atoms with E-state index in [1.165, 1.54) is 12.8 Å². The van der Waals surface area contributed by atoms with E-state index >= 15 is 0 Å². The van der Waals surface area contributed by atoms with Crippen LogP contribution < -0.4 is 0 Å². The van der Waals surface area contributed by atoms with Gasteiger partial charge in [-0.1, -0.05) is 38.0 Å². The van der Waals surface area contributed by atoms with Crippen LogP contribution in [0, 0.1) is 11.8 Å². The first-order chi connectivity index (χ1) is 9.25.